The molecule has 1 aliphatic heterocycles. The maximum absolute atomic E-state index is 12.7. The lowest BCUT2D eigenvalue weighted by atomic mass is 10.0. The molecule has 1 aromatic rings. The van der Waals surface area contributed by atoms with Gasteiger partial charge in [0.2, 0.25) is 15.9 Å². The zero-order chi connectivity index (χ0) is 19.7. The number of aliphatic carboxylic acids is 1. The number of alkyl halides is 3. The largest absolute Gasteiger partial charge is 0.481 e. The lowest BCUT2D eigenvalue weighted by Gasteiger charge is -2.23. The normalized spacial score (nSPS) is 21.0. The molecule has 11 heteroatoms. The molecule has 1 amide bonds. The van der Waals surface area contributed by atoms with E-state index >= 15 is 0 Å². The van der Waals surface area contributed by atoms with Crippen LogP contribution in [0.1, 0.15) is 18.9 Å². The van der Waals surface area contributed by atoms with E-state index in [9.17, 15) is 31.2 Å². The number of nitrogens with one attached hydrogen (secondary N) is 1. The second-order valence-electron chi connectivity index (χ2n) is 5.91. The van der Waals surface area contributed by atoms with Gasteiger partial charge in [0.05, 0.1) is 22.9 Å². The maximum atomic E-state index is 12.7. The molecule has 2 atom stereocenters. The number of rotatable bonds is 5. The van der Waals surface area contributed by atoms with Gasteiger partial charge in [-0.2, -0.15) is 13.2 Å². The van der Waals surface area contributed by atoms with Crippen molar-refractivity contribution >= 4 is 21.9 Å². The van der Waals surface area contributed by atoms with Crippen LogP contribution < -0.4 is 4.72 Å². The second-order valence-corrected chi connectivity index (χ2v) is 7.68. The fraction of sp³-hybridized carbons (Fsp3) is 0.467. The minimum absolute atomic E-state index is 0.169. The highest BCUT2D eigenvalue weighted by molar-refractivity contribution is 7.89. The summed E-state index contributed by atoms with van der Waals surface area (Å²) in [6.45, 7) is 1.04. The number of halogens is 3. The van der Waals surface area contributed by atoms with Gasteiger partial charge in [-0.3, -0.25) is 9.59 Å². The van der Waals surface area contributed by atoms with Crippen LogP contribution in [-0.2, 0) is 25.8 Å². The molecule has 0 spiro atoms. The van der Waals surface area contributed by atoms with Gasteiger partial charge in [-0.15, -0.1) is 0 Å². The molecule has 0 aliphatic carbocycles. The van der Waals surface area contributed by atoms with E-state index in [-0.39, 0.29) is 13.0 Å². The van der Waals surface area contributed by atoms with Gasteiger partial charge in [0.15, 0.2) is 0 Å². The summed E-state index contributed by atoms with van der Waals surface area (Å²) >= 11 is 0. The quantitative estimate of drug-likeness (QED) is 0.784. The number of nitrogens with zero attached hydrogens (tertiary/aromatic N) is 1. The Labute approximate surface area is 147 Å². The Kier molecular flexibility index (Phi) is 5.61. The molecule has 0 radical (unpaired) electrons. The van der Waals surface area contributed by atoms with Crippen LogP contribution in [0.15, 0.2) is 29.2 Å². The number of carboxylic acid groups (broad SMARTS) is 1. The summed E-state index contributed by atoms with van der Waals surface area (Å²) in [6, 6.07) is 2.56. The van der Waals surface area contributed by atoms with Gasteiger partial charge >= 0.3 is 12.1 Å². The van der Waals surface area contributed by atoms with Crippen molar-refractivity contribution in [3.05, 3.63) is 29.8 Å². The number of hydrogen-bond donors (Lipinski definition) is 2. The van der Waals surface area contributed by atoms with Gasteiger partial charge < -0.3 is 10.0 Å². The van der Waals surface area contributed by atoms with Gasteiger partial charge in [-0.25, -0.2) is 13.1 Å². The Balaban J connectivity index is 2.07. The molecule has 1 saturated heterocycles. The topological polar surface area (TPSA) is 104 Å². The lowest BCUT2D eigenvalue weighted by molar-refractivity contribution is -0.143. The number of carboxylic acids is 1. The smallest absolute Gasteiger partial charge is 0.416 e. The van der Waals surface area contributed by atoms with Crippen LogP contribution in [0, 0.1) is 5.92 Å². The van der Waals surface area contributed by atoms with E-state index in [4.69, 9.17) is 5.11 Å². The molecule has 2 rings (SSSR count). The third-order valence-electron chi connectivity index (χ3n) is 4.28. The Hall–Kier alpha value is -2.14. The summed E-state index contributed by atoms with van der Waals surface area (Å²) in [6.07, 6.45) is -4.44. The third kappa shape index (κ3) is 4.33. The molecule has 0 saturated carbocycles. The van der Waals surface area contributed by atoms with Crippen molar-refractivity contribution in [3.63, 3.8) is 0 Å². The summed E-state index contributed by atoms with van der Waals surface area (Å²) in [5.41, 5.74) is -1.12. The summed E-state index contributed by atoms with van der Waals surface area (Å²) in [5.74, 6) is -2.42. The Bertz CT molecular complexity index is 810. The summed E-state index contributed by atoms with van der Waals surface area (Å²) < 4.78 is 64.3. The van der Waals surface area contributed by atoms with Crippen LogP contribution in [0.2, 0.25) is 0 Å². The van der Waals surface area contributed by atoms with Gasteiger partial charge in [0, 0.05) is 12.6 Å². The minimum Gasteiger partial charge on any atom is -0.481 e. The molecule has 7 nitrogen and oxygen atoms in total. The standard InChI is InChI=1S/C15H17F3N2O5S/c1-9-12(14(22)23)5-6-20(9)13(21)8-19-26(24,25)11-4-2-3-10(7-11)15(16,17)18/h2-4,7,9,12,19H,5-6,8H2,1H3,(H,22,23). The first kappa shape index (κ1) is 20.2. The first-order valence-corrected chi connectivity index (χ1v) is 9.11. The van der Waals surface area contributed by atoms with E-state index < -0.39 is 57.0 Å². The van der Waals surface area contributed by atoms with E-state index in [1.807, 2.05) is 4.72 Å². The fourth-order valence-corrected chi connectivity index (χ4v) is 3.82. The molecule has 1 aliphatic rings. The van der Waals surface area contributed by atoms with Gasteiger partial charge in [0.1, 0.15) is 0 Å². The lowest BCUT2D eigenvalue weighted by Crippen LogP contribution is -2.43. The summed E-state index contributed by atoms with van der Waals surface area (Å²) in [5, 5.41) is 9.04. The summed E-state index contributed by atoms with van der Waals surface area (Å²) in [7, 11) is -4.33. The molecular weight excluding hydrogens is 377 g/mol. The van der Waals surface area contributed by atoms with Gasteiger partial charge in [0.25, 0.3) is 0 Å². The number of carbonyl (C=O) groups excluding carboxylic acids is 1. The molecule has 1 fully saturated rings. The van der Waals surface area contributed by atoms with Crippen LogP contribution in [0.4, 0.5) is 13.2 Å². The minimum atomic E-state index is -4.70. The average molecular weight is 394 g/mol. The van der Waals surface area contributed by atoms with Crippen LogP contribution in [-0.4, -0.2) is 49.4 Å². The van der Waals surface area contributed by atoms with Crippen molar-refractivity contribution in [1.29, 1.82) is 0 Å². The zero-order valence-electron chi connectivity index (χ0n) is 13.7. The molecule has 1 aromatic carbocycles. The van der Waals surface area contributed by atoms with Gasteiger partial charge in [-0.1, -0.05) is 6.07 Å². The highest BCUT2D eigenvalue weighted by atomic mass is 32.2. The van der Waals surface area contributed by atoms with E-state index in [0.29, 0.717) is 6.07 Å². The number of sulfonamides is 1. The van der Waals surface area contributed by atoms with Crippen molar-refractivity contribution in [2.75, 3.05) is 13.1 Å². The number of amides is 1. The number of benzene rings is 1. The average Bonchev–Trinajstić information content (AvgIpc) is 2.94. The van der Waals surface area contributed by atoms with Crippen LogP contribution in [0.25, 0.3) is 0 Å². The van der Waals surface area contributed by atoms with Crippen LogP contribution >= 0.6 is 0 Å². The van der Waals surface area contributed by atoms with Gasteiger partial charge in [-0.05, 0) is 31.5 Å². The summed E-state index contributed by atoms with van der Waals surface area (Å²) in [4.78, 5) is 23.8. The maximum Gasteiger partial charge on any atom is 0.416 e. The zero-order valence-corrected chi connectivity index (χ0v) is 14.5. The first-order chi connectivity index (χ1) is 11.9. The Morgan fingerprint density at radius 2 is 2.00 bits per heavy atom. The third-order valence-corrected chi connectivity index (χ3v) is 5.68. The highest BCUT2D eigenvalue weighted by Gasteiger charge is 2.38. The van der Waals surface area contributed by atoms with Crippen molar-refractivity contribution in [2.24, 2.45) is 5.92 Å². The number of carbonyl (C=O) groups is 2. The highest BCUT2D eigenvalue weighted by Crippen LogP contribution is 2.30. The molecule has 2 unspecified atom stereocenters. The Morgan fingerprint density at radius 1 is 1.35 bits per heavy atom. The molecule has 0 bridgehead atoms. The second kappa shape index (κ2) is 7.23. The van der Waals surface area contributed by atoms with E-state index in [1.165, 1.54) is 4.90 Å². The number of likely N-dealkylation sites (tertiary alicyclic amines) is 1. The Morgan fingerprint density at radius 3 is 2.54 bits per heavy atom. The van der Waals surface area contributed by atoms with Crippen molar-refractivity contribution < 1.29 is 36.3 Å². The van der Waals surface area contributed by atoms with Crippen molar-refractivity contribution in [3.8, 4) is 0 Å². The molecule has 2 N–H and O–H groups in total. The van der Waals surface area contributed by atoms with Crippen LogP contribution in [0.3, 0.4) is 0 Å². The predicted molar refractivity (Wildman–Crippen MR) is 83.6 cm³/mol. The first-order valence-electron chi connectivity index (χ1n) is 7.62. The molecule has 1 heterocycles. The SMILES string of the molecule is CC1C(C(=O)O)CCN1C(=O)CNS(=O)(=O)c1cccc(C(F)(F)F)c1. The monoisotopic (exact) mass is 394 g/mol. The molecule has 26 heavy (non-hydrogen) atoms. The van der Waals surface area contributed by atoms with Crippen LogP contribution in [0.5, 0.6) is 0 Å². The fourth-order valence-electron chi connectivity index (χ4n) is 2.80. The van der Waals surface area contributed by atoms with E-state index in [1.54, 1.807) is 6.92 Å². The van der Waals surface area contributed by atoms with E-state index in [2.05, 4.69) is 0 Å². The predicted octanol–water partition coefficient (Wildman–Crippen LogP) is 1.31. The molecular formula is C15H17F3N2O5S. The van der Waals surface area contributed by atoms with Crippen molar-refractivity contribution in [2.45, 2.75) is 30.5 Å². The molecule has 144 valence electrons. The molecule has 0 aromatic heterocycles. The van der Waals surface area contributed by atoms with Crippen molar-refractivity contribution in [1.82, 2.24) is 9.62 Å². The van der Waals surface area contributed by atoms with E-state index in [0.717, 1.165) is 18.2 Å². The number of hydrogen-bond acceptors (Lipinski definition) is 4.